The summed E-state index contributed by atoms with van der Waals surface area (Å²) in [4.78, 5) is 2.57. The molecule has 0 spiro atoms. The number of rotatable bonds is 6. The van der Waals surface area contributed by atoms with E-state index in [0.717, 1.165) is 18.9 Å². The molecule has 2 nitrogen and oxygen atoms in total. The zero-order chi connectivity index (χ0) is 13.5. The Hall–Kier alpha value is -0.930. The molecule has 1 fully saturated rings. The van der Waals surface area contributed by atoms with E-state index >= 15 is 0 Å². The zero-order valence-corrected chi connectivity index (χ0v) is 11.9. The Kier molecular flexibility index (Phi) is 5.80. The van der Waals surface area contributed by atoms with E-state index in [9.17, 15) is 4.39 Å². The number of hydrogen-bond acceptors (Lipinski definition) is 2. The van der Waals surface area contributed by atoms with Crippen molar-refractivity contribution in [1.82, 2.24) is 10.2 Å². The average molecular weight is 264 g/mol. The highest BCUT2D eigenvalue weighted by molar-refractivity contribution is 5.15. The monoisotopic (exact) mass is 264 g/mol. The lowest BCUT2D eigenvalue weighted by molar-refractivity contribution is 0.182. The molecule has 1 N–H and O–H groups in total. The van der Waals surface area contributed by atoms with Gasteiger partial charge in [0.2, 0.25) is 0 Å². The third-order valence-corrected chi connectivity index (χ3v) is 4.05. The number of nitrogens with one attached hydrogen (secondary N) is 1. The van der Waals surface area contributed by atoms with Gasteiger partial charge in [-0.2, -0.15) is 0 Å². The fourth-order valence-electron chi connectivity index (χ4n) is 2.86. The van der Waals surface area contributed by atoms with E-state index in [2.05, 4.69) is 10.2 Å². The lowest BCUT2D eigenvalue weighted by Crippen LogP contribution is -2.37. The van der Waals surface area contributed by atoms with Crippen LogP contribution in [0.1, 0.15) is 24.8 Å². The Morgan fingerprint density at radius 3 is 2.53 bits per heavy atom. The number of piperidine rings is 1. The molecule has 0 amide bonds. The molecule has 0 aromatic heterocycles. The minimum absolute atomic E-state index is 0.143. The lowest BCUT2D eigenvalue weighted by atomic mass is 9.96. The molecule has 0 aliphatic carbocycles. The van der Waals surface area contributed by atoms with Crippen LogP contribution in [0.4, 0.5) is 4.39 Å². The molecule has 19 heavy (non-hydrogen) atoms. The van der Waals surface area contributed by atoms with E-state index in [-0.39, 0.29) is 5.82 Å². The van der Waals surface area contributed by atoms with Gasteiger partial charge in [-0.1, -0.05) is 12.1 Å². The van der Waals surface area contributed by atoms with E-state index in [1.165, 1.54) is 44.5 Å². The van der Waals surface area contributed by atoms with E-state index in [0.29, 0.717) is 0 Å². The maximum Gasteiger partial charge on any atom is 0.123 e. The van der Waals surface area contributed by atoms with E-state index < -0.39 is 0 Å². The van der Waals surface area contributed by atoms with Crippen molar-refractivity contribution in [1.29, 1.82) is 0 Å². The van der Waals surface area contributed by atoms with Crippen molar-refractivity contribution in [2.45, 2.75) is 25.7 Å². The van der Waals surface area contributed by atoms with Crippen LogP contribution in [-0.4, -0.2) is 38.1 Å². The summed E-state index contributed by atoms with van der Waals surface area (Å²) in [5.74, 6) is 0.716. The Morgan fingerprint density at radius 2 is 1.89 bits per heavy atom. The number of likely N-dealkylation sites (tertiary alicyclic amines) is 1. The summed E-state index contributed by atoms with van der Waals surface area (Å²) in [7, 11) is 2.04. The van der Waals surface area contributed by atoms with Gasteiger partial charge in [-0.25, -0.2) is 4.39 Å². The van der Waals surface area contributed by atoms with Crippen LogP contribution < -0.4 is 5.32 Å². The summed E-state index contributed by atoms with van der Waals surface area (Å²) in [6.45, 7) is 4.79. The predicted molar refractivity (Wildman–Crippen MR) is 77.8 cm³/mol. The number of halogens is 1. The van der Waals surface area contributed by atoms with Crippen molar-refractivity contribution < 1.29 is 4.39 Å². The van der Waals surface area contributed by atoms with E-state index in [1.807, 2.05) is 19.2 Å². The fraction of sp³-hybridized carbons (Fsp3) is 0.625. The molecule has 1 aromatic carbocycles. The number of aryl methyl sites for hydroxylation is 1. The van der Waals surface area contributed by atoms with Gasteiger partial charge in [0.1, 0.15) is 5.82 Å². The first-order valence-corrected chi connectivity index (χ1v) is 7.39. The molecule has 1 saturated heterocycles. The summed E-state index contributed by atoms with van der Waals surface area (Å²) < 4.78 is 12.8. The average Bonchev–Trinajstić information content (AvgIpc) is 2.43. The van der Waals surface area contributed by atoms with Crippen molar-refractivity contribution in [3.05, 3.63) is 35.6 Å². The third kappa shape index (κ3) is 4.92. The van der Waals surface area contributed by atoms with Crippen molar-refractivity contribution in [3.63, 3.8) is 0 Å². The van der Waals surface area contributed by atoms with Gasteiger partial charge in [-0.15, -0.1) is 0 Å². The molecule has 106 valence electrons. The molecule has 1 aromatic rings. The van der Waals surface area contributed by atoms with Crippen LogP contribution in [0.15, 0.2) is 24.3 Å². The smallest absolute Gasteiger partial charge is 0.123 e. The van der Waals surface area contributed by atoms with Crippen LogP contribution in [0.3, 0.4) is 0 Å². The summed E-state index contributed by atoms with van der Waals surface area (Å²) in [5.41, 5.74) is 1.24. The van der Waals surface area contributed by atoms with Gasteiger partial charge >= 0.3 is 0 Å². The summed E-state index contributed by atoms with van der Waals surface area (Å²) in [6, 6.07) is 6.90. The molecule has 1 aliphatic heterocycles. The maximum atomic E-state index is 12.8. The first-order valence-electron chi connectivity index (χ1n) is 7.39. The number of hydrogen-bond donors (Lipinski definition) is 1. The second kappa shape index (κ2) is 7.61. The van der Waals surface area contributed by atoms with Gasteiger partial charge in [-0.3, -0.25) is 0 Å². The fourth-order valence-corrected chi connectivity index (χ4v) is 2.86. The lowest BCUT2D eigenvalue weighted by Gasteiger charge is -2.31. The first-order chi connectivity index (χ1) is 9.28. The predicted octanol–water partition coefficient (Wildman–Crippen LogP) is 2.69. The summed E-state index contributed by atoms with van der Waals surface area (Å²) >= 11 is 0. The highest BCUT2D eigenvalue weighted by atomic mass is 19.1. The third-order valence-electron chi connectivity index (χ3n) is 4.05. The Bertz CT molecular complexity index is 356. The Balaban J connectivity index is 1.63. The van der Waals surface area contributed by atoms with Gasteiger partial charge in [0.25, 0.3) is 0 Å². The molecule has 3 heteroatoms. The molecule has 0 unspecified atom stereocenters. The summed E-state index contributed by atoms with van der Waals surface area (Å²) in [6.07, 6.45) is 4.85. The molecular weight excluding hydrogens is 239 g/mol. The van der Waals surface area contributed by atoms with Crippen LogP contribution in [0.2, 0.25) is 0 Å². The van der Waals surface area contributed by atoms with Crippen LogP contribution in [-0.2, 0) is 6.42 Å². The van der Waals surface area contributed by atoms with Crippen molar-refractivity contribution >= 4 is 0 Å². The molecule has 0 radical (unpaired) electrons. The standard InChI is InChI=1S/C16H25FN2/c1-18-13-15-8-11-19(12-9-15)10-2-3-14-4-6-16(17)7-5-14/h4-7,15,18H,2-3,8-13H2,1H3. The topological polar surface area (TPSA) is 15.3 Å². The van der Waals surface area contributed by atoms with E-state index in [1.54, 1.807) is 12.1 Å². The van der Waals surface area contributed by atoms with E-state index in [4.69, 9.17) is 0 Å². The second-order valence-electron chi connectivity index (χ2n) is 5.57. The Labute approximate surface area is 116 Å². The highest BCUT2D eigenvalue weighted by Crippen LogP contribution is 2.16. The molecule has 0 bridgehead atoms. The normalized spacial score (nSPS) is 17.8. The first kappa shape index (κ1) is 14.5. The van der Waals surface area contributed by atoms with Crippen LogP contribution in [0, 0.1) is 11.7 Å². The molecule has 0 atom stereocenters. The highest BCUT2D eigenvalue weighted by Gasteiger charge is 2.17. The zero-order valence-electron chi connectivity index (χ0n) is 11.9. The molecule has 1 aliphatic rings. The maximum absolute atomic E-state index is 12.8. The van der Waals surface area contributed by atoms with Crippen molar-refractivity contribution in [2.24, 2.45) is 5.92 Å². The molecule has 0 saturated carbocycles. The largest absolute Gasteiger partial charge is 0.319 e. The van der Waals surface area contributed by atoms with Crippen LogP contribution in [0.5, 0.6) is 0 Å². The van der Waals surface area contributed by atoms with Crippen LogP contribution in [0.25, 0.3) is 0 Å². The Morgan fingerprint density at radius 1 is 1.21 bits per heavy atom. The molecular formula is C16H25FN2. The number of nitrogens with zero attached hydrogens (tertiary/aromatic N) is 1. The van der Waals surface area contributed by atoms with Crippen molar-refractivity contribution in [3.8, 4) is 0 Å². The van der Waals surface area contributed by atoms with Gasteiger partial charge in [0.05, 0.1) is 0 Å². The van der Waals surface area contributed by atoms with Crippen LogP contribution >= 0.6 is 0 Å². The summed E-state index contributed by atoms with van der Waals surface area (Å²) in [5, 5.41) is 3.27. The van der Waals surface area contributed by atoms with Crippen molar-refractivity contribution in [2.75, 3.05) is 33.2 Å². The number of benzene rings is 1. The van der Waals surface area contributed by atoms with Gasteiger partial charge in [0.15, 0.2) is 0 Å². The van der Waals surface area contributed by atoms with Gasteiger partial charge in [-0.05, 0) is 82.5 Å². The minimum atomic E-state index is -0.143. The second-order valence-corrected chi connectivity index (χ2v) is 5.57. The molecule has 1 heterocycles. The minimum Gasteiger partial charge on any atom is -0.319 e. The van der Waals surface area contributed by atoms with Gasteiger partial charge < -0.3 is 10.2 Å². The quantitative estimate of drug-likeness (QED) is 0.850. The SMILES string of the molecule is CNCC1CCN(CCCc2ccc(F)cc2)CC1. The molecule has 2 rings (SSSR count). The van der Waals surface area contributed by atoms with Gasteiger partial charge in [0, 0.05) is 0 Å².